The molecule has 0 radical (unpaired) electrons. The molecule has 6 nitrogen and oxygen atoms in total. The number of ether oxygens (including phenoxy) is 1. The van der Waals surface area contributed by atoms with Gasteiger partial charge in [0.1, 0.15) is 11.4 Å². The van der Waals surface area contributed by atoms with Crippen LogP contribution >= 0.6 is 0 Å². The van der Waals surface area contributed by atoms with Crippen LogP contribution in [0.3, 0.4) is 0 Å². The van der Waals surface area contributed by atoms with Gasteiger partial charge in [-0.25, -0.2) is 0 Å². The van der Waals surface area contributed by atoms with Crippen LogP contribution in [0.15, 0.2) is 59.1 Å². The van der Waals surface area contributed by atoms with E-state index in [4.69, 9.17) is 9.26 Å². The maximum absolute atomic E-state index is 13.2. The van der Waals surface area contributed by atoms with E-state index in [1.165, 1.54) is 5.56 Å². The largest absolute Gasteiger partial charge is 0.497 e. The number of aromatic nitrogens is 1. The van der Waals surface area contributed by atoms with Crippen molar-refractivity contribution in [3.8, 4) is 17.0 Å². The van der Waals surface area contributed by atoms with Gasteiger partial charge in [-0.05, 0) is 61.9 Å². The first-order valence-corrected chi connectivity index (χ1v) is 10.7. The highest BCUT2D eigenvalue weighted by Crippen LogP contribution is 2.33. The molecule has 0 bridgehead atoms. The molecule has 31 heavy (non-hydrogen) atoms. The number of carbonyl (C=O) groups is 1. The van der Waals surface area contributed by atoms with E-state index in [1.807, 2.05) is 35.2 Å². The molecule has 1 aliphatic heterocycles. The molecule has 1 N–H and O–H groups in total. The van der Waals surface area contributed by atoms with E-state index in [0.717, 1.165) is 30.6 Å². The second-order valence-corrected chi connectivity index (χ2v) is 8.10. The standard InChI is InChI=1S/C25H28N2O4/c1-17(28)22-23(20-8-10-21(30-2)11-9-20)26-31-24(22)25(29)27-14-12-19(13-15-27)16-18-6-4-3-5-7-18/h3-11,17,19,28H,12-16H2,1-2H3. The predicted octanol–water partition coefficient (Wildman–Crippen LogP) is 4.50. The van der Waals surface area contributed by atoms with Crippen LogP contribution in [0.1, 0.15) is 47.6 Å². The van der Waals surface area contributed by atoms with Crippen molar-refractivity contribution in [1.29, 1.82) is 0 Å². The summed E-state index contributed by atoms with van der Waals surface area (Å²) < 4.78 is 10.7. The molecule has 6 heteroatoms. The highest BCUT2D eigenvalue weighted by Gasteiger charge is 2.31. The van der Waals surface area contributed by atoms with E-state index < -0.39 is 6.10 Å². The zero-order valence-electron chi connectivity index (χ0n) is 18.0. The number of rotatable bonds is 6. The molecule has 4 rings (SSSR count). The van der Waals surface area contributed by atoms with Gasteiger partial charge < -0.3 is 19.3 Å². The van der Waals surface area contributed by atoms with Crippen LogP contribution in [0.25, 0.3) is 11.3 Å². The molecular formula is C25H28N2O4. The molecule has 162 valence electrons. The molecule has 2 aromatic carbocycles. The van der Waals surface area contributed by atoms with Crippen LogP contribution in [0.5, 0.6) is 5.75 Å². The van der Waals surface area contributed by atoms with Gasteiger partial charge in [0, 0.05) is 18.7 Å². The molecule has 1 atom stereocenters. The molecule has 2 heterocycles. The van der Waals surface area contributed by atoms with Crippen LogP contribution in [0.4, 0.5) is 0 Å². The fourth-order valence-corrected chi connectivity index (χ4v) is 4.23. The minimum absolute atomic E-state index is 0.127. The summed E-state index contributed by atoms with van der Waals surface area (Å²) in [4.78, 5) is 15.0. The maximum Gasteiger partial charge on any atom is 0.292 e. The van der Waals surface area contributed by atoms with Crippen LogP contribution in [0.2, 0.25) is 0 Å². The van der Waals surface area contributed by atoms with E-state index in [1.54, 1.807) is 14.0 Å². The number of likely N-dealkylation sites (tertiary alicyclic amines) is 1. The SMILES string of the molecule is COc1ccc(-c2noc(C(=O)N3CCC(Cc4ccccc4)CC3)c2C(C)O)cc1. The van der Waals surface area contributed by atoms with Gasteiger partial charge in [0.25, 0.3) is 5.91 Å². The van der Waals surface area contributed by atoms with Gasteiger partial charge in [0.05, 0.1) is 18.8 Å². The fourth-order valence-electron chi connectivity index (χ4n) is 4.23. The summed E-state index contributed by atoms with van der Waals surface area (Å²) in [7, 11) is 1.60. The van der Waals surface area contributed by atoms with Crippen LogP contribution in [-0.4, -0.2) is 41.3 Å². The summed E-state index contributed by atoms with van der Waals surface area (Å²) in [5.41, 5.74) is 3.02. The van der Waals surface area contributed by atoms with Crippen molar-refractivity contribution >= 4 is 5.91 Å². The van der Waals surface area contributed by atoms with Crippen molar-refractivity contribution in [1.82, 2.24) is 10.1 Å². The molecule has 1 fully saturated rings. The van der Waals surface area contributed by atoms with Gasteiger partial charge in [-0.3, -0.25) is 4.79 Å². The number of hydrogen-bond donors (Lipinski definition) is 1. The predicted molar refractivity (Wildman–Crippen MR) is 118 cm³/mol. The average molecular weight is 421 g/mol. The highest BCUT2D eigenvalue weighted by molar-refractivity contribution is 5.94. The number of methoxy groups -OCH3 is 1. The molecular weight excluding hydrogens is 392 g/mol. The van der Waals surface area contributed by atoms with Crippen molar-refractivity contribution in [3.05, 3.63) is 71.5 Å². The van der Waals surface area contributed by atoms with Gasteiger partial charge in [-0.2, -0.15) is 0 Å². The number of aliphatic hydroxyl groups excluding tert-OH is 1. The fraction of sp³-hybridized carbons (Fsp3) is 0.360. The van der Waals surface area contributed by atoms with Gasteiger partial charge in [0.2, 0.25) is 5.76 Å². The summed E-state index contributed by atoms with van der Waals surface area (Å²) in [6.45, 7) is 2.98. The molecule has 0 aliphatic carbocycles. The van der Waals surface area contributed by atoms with Crippen molar-refractivity contribution in [2.24, 2.45) is 5.92 Å². The first-order chi connectivity index (χ1) is 15.1. The van der Waals surface area contributed by atoms with Crippen LogP contribution in [0, 0.1) is 5.92 Å². The van der Waals surface area contributed by atoms with Gasteiger partial charge in [-0.1, -0.05) is 35.5 Å². The molecule has 1 aromatic heterocycles. The third kappa shape index (κ3) is 4.64. The lowest BCUT2D eigenvalue weighted by molar-refractivity contribution is 0.0640. The first-order valence-electron chi connectivity index (χ1n) is 10.7. The van der Waals surface area contributed by atoms with Gasteiger partial charge in [-0.15, -0.1) is 0 Å². The third-order valence-electron chi connectivity index (χ3n) is 5.97. The van der Waals surface area contributed by atoms with E-state index in [9.17, 15) is 9.90 Å². The van der Waals surface area contributed by atoms with Crippen LogP contribution in [-0.2, 0) is 6.42 Å². The van der Waals surface area contributed by atoms with E-state index >= 15 is 0 Å². The topological polar surface area (TPSA) is 75.8 Å². The second-order valence-electron chi connectivity index (χ2n) is 8.10. The highest BCUT2D eigenvalue weighted by atomic mass is 16.5. The Hall–Kier alpha value is -3.12. The van der Waals surface area contributed by atoms with E-state index in [2.05, 4.69) is 29.4 Å². The zero-order valence-corrected chi connectivity index (χ0v) is 18.0. The Kier molecular flexibility index (Phi) is 6.37. The Balaban J connectivity index is 1.48. The lowest BCUT2D eigenvalue weighted by Crippen LogP contribution is -2.39. The molecule has 0 spiro atoms. The minimum Gasteiger partial charge on any atom is -0.497 e. The average Bonchev–Trinajstić information content (AvgIpc) is 3.25. The number of piperidine rings is 1. The lowest BCUT2D eigenvalue weighted by atomic mass is 9.90. The second kappa shape index (κ2) is 9.35. The Morgan fingerprint density at radius 2 is 1.84 bits per heavy atom. The minimum atomic E-state index is -0.877. The molecule has 0 saturated carbocycles. The molecule has 3 aromatic rings. The zero-order chi connectivity index (χ0) is 21.8. The molecule has 1 amide bonds. The molecule has 1 unspecified atom stereocenters. The van der Waals surface area contributed by atoms with Gasteiger partial charge in [0.15, 0.2) is 0 Å². The Morgan fingerprint density at radius 3 is 2.45 bits per heavy atom. The third-order valence-corrected chi connectivity index (χ3v) is 5.97. The number of benzene rings is 2. The smallest absolute Gasteiger partial charge is 0.292 e. The summed E-state index contributed by atoms with van der Waals surface area (Å²) >= 11 is 0. The van der Waals surface area contributed by atoms with Gasteiger partial charge >= 0.3 is 0 Å². The molecule has 1 saturated heterocycles. The monoisotopic (exact) mass is 420 g/mol. The maximum atomic E-state index is 13.2. The van der Waals surface area contributed by atoms with Crippen LogP contribution < -0.4 is 4.74 Å². The summed E-state index contributed by atoms with van der Waals surface area (Å²) in [6.07, 6.45) is 2.05. The first kappa shape index (κ1) is 21.1. The summed E-state index contributed by atoms with van der Waals surface area (Å²) in [5.74, 6) is 1.21. The summed E-state index contributed by atoms with van der Waals surface area (Å²) in [5, 5.41) is 14.5. The summed E-state index contributed by atoms with van der Waals surface area (Å²) in [6, 6.07) is 17.8. The Morgan fingerprint density at radius 1 is 1.16 bits per heavy atom. The lowest BCUT2D eigenvalue weighted by Gasteiger charge is -2.31. The Bertz CT molecular complexity index is 1000. The van der Waals surface area contributed by atoms with E-state index in [0.29, 0.717) is 30.3 Å². The normalized spacial score (nSPS) is 15.6. The number of nitrogens with zero attached hydrogens (tertiary/aromatic N) is 2. The number of hydrogen-bond acceptors (Lipinski definition) is 5. The van der Waals surface area contributed by atoms with Crippen molar-refractivity contribution in [3.63, 3.8) is 0 Å². The number of amides is 1. The van der Waals surface area contributed by atoms with E-state index in [-0.39, 0.29) is 11.7 Å². The van der Waals surface area contributed by atoms with Crippen molar-refractivity contribution in [2.75, 3.05) is 20.2 Å². The quantitative estimate of drug-likeness (QED) is 0.636. The number of aliphatic hydroxyl groups is 1. The molecule has 1 aliphatic rings. The van der Waals surface area contributed by atoms with Crippen molar-refractivity contribution < 1.29 is 19.2 Å². The van der Waals surface area contributed by atoms with Crippen molar-refractivity contribution in [2.45, 2.75) is 32.3 Å². The Labute approximate surface area is 182 Å². The number of carbonyl (C=O) groups excluding carboxylic acids is 1.